The number of rotatable bonds is 7. The molecule has 0 aliphatic heterocycles. The molecule has 0 fully saturated rings. The summed E-state index contributed by atoms with van der Waals surface area (Å²) < 4.78 is 0. The van der Waals surface area contributed by atoms with Gasteiger partial charge in [-0.15, -0.1) is 0 Å². The van der Waals surface area contributed by atoms with Crippen molar-refractivity contribution in [3.05, 3.63) is 46.1 Å². The zero-order valence-corrected chi connectivity index (χ0v) is 14.7. The van der Waals surface area contributed by atoms with Crippen molar-refractivity contribution in [3.63, 3.8) is 0 Å². The summed E-state index contributed by atoms with van der Waals surface area (Å²) in [5.41, 5.74) is 5.19. The fourth-order valence-corrected chi connectivity index (χ4v) is 2.56. The van der Waals surface area contributed by atoms with Crippen molar-refractivity contribution >= 4 is 0 Å². The summed E-state index contributed by atoms with van der Waals surface area (Å²) in [5.74, 6) is 0.455. The molecule has 0 aromatic heterocycles. The van der Waals surface area contributed by atoms with Gasteiger partial charge in [0.25, 0.3) is 0 Å². The van der Waals surface area contributed by atoms with Crippen LogP contribution in [0.15, 0.2) is 29.4 Å². The van der Waals surface area contributed by atoms with E-state index in [0.717, 1.165) is 36.8 Å². The highest BCUT2D eigenvalue weighted by molar-refractivity contribution is 5.53. The topological polar surface area (TPSA) is 40.5 Å². The second-order valence-corrected chi connectivity index (χ2v) is 6.33. The lowest BCUT2D eigenvalue weighted by atomic mass is 9.96. The molecule has 0 amide bonds. The molecule has 0 spiro atoms. The van der Waals surface area contributed by atoms with Gasteiger partial charge in [0.15, 0.2) is 0 Å². The summed E-state index contributed by atoms with van der Waals surface area (Å²) in [7, 11) is 0. The zero-order chi connectivity index (χ0) is 16.7. The van der Waals surface area contributed by atoms with Crippen LogP contribution in [0.3, 0.4) is 0 Å². The van der Waals surface area contributed by atoms with Crippen LogP contribution in [0.2, 0.25) is 0 Å². The Bertz CT molecular complexity index is 562. The molecule has 0 aliphatic carbocycles. The highest BCUT2D eigenvalue weighted by Crippen LogP contribution is 2.34. The van der Waals surface area contributed by atoms with Gasteiger partial charge in [-0.1, -0.05) is 36.6 Å². The highest BCUT2D eigenvalue weighted by atomic mass is 16.3. The normalized spacial score (nSPS) is 11.6. The number of hydrogen-bond acceptors (Lipinski definition) is 2. The molecule has 2 N–H and O–H groups in total. The molecule has 22 heavy (non-hydrogen) atoms. The molecular formula is C20H30O2. The molecule has 0 saturated carbocycles. The SMILES string of the molecule is CCCc1cc(O)c(C/C=C(\C)CCC=C(C)C)c(O)c1C. The van der Waals surface area contributed by atoms with E-state index < -0.39 is 0 Å². The second-order valence-electron chi connectivity index (χ2n) is 6.33. The van der Waals surface area contributed by atoms with Crippen molar-refractivity contribution in [2.75, 3.05) is 0 Å². The molecule has 0 radical (unpaired) electrons. The molecule has 2 nitrogen and oxygen atoms in total. The maximum absolute atomic E-state index is 10.3. The molecule has 0 saturated heterocycles. The number of phenolic OH excluding ortho intramolecular Hbond substituents is 2. The van der Waals surface area contributed by atoms with Gasteiger partial charge in [0, 0.05) is 5.56 Å². The van der Waals surface area contributed by atoms with Gasteiger partial charge in [-0.3, -0.25) is 0 Å². The molecule has 0 bridgehead atoms. The summed E-state index contributed by atoms with van der Waals surface area (Å²) in [6.45, 7) is 10.3. The third-order valence-electron chi connectivity index (χ3n) is 4.01. The molecule has 1 rings (SSSR count). The van der Waals surface area contributed by atoms with Crippen LogP contribution in [0.1, 0.15) is 63.6 Å². The summed E-state index contributed by atoms with van der Waals surface area (Å²) in [5, 5.41) is 20.5. The monoisotopic (exact) mass is 302 g/mol. The Morgan fingerprint density at radius 3 is 2.41 bits per heavy atom. The van der Waals surface area contributed by atoms with E-state index in [1.54, 1.807) is 6.07 Å². The predicted octanol–water partition coefficient (Wildman–Crippen LogP) is 5.59. The van der Waals surface area contributed by atoms with Crippen LogP contribution in [-0.2, 0) is 12.8 Å². The summed E-state index contributed by atoms with van der Waals surface area (Å²) in [4.78, 5) is 0. The van der Waals surface area contributed by atoms with E-state index in [1.165, 1.54) is 11.1 Å². The third-order valence-corrected chi connectivity index (χ3v) is 4.01. The van der Waals surface area contributed by atoms with Crippen molar-refractivity contribution in [1.29, 1.82) is 0 Å². The van der Waals surface area contributed by atoms with Gasteiger partial charge in [0.2, 0.25) is 0 Å². The number of hydrogen-bond donors (Lipinski definition) is 2. The highest BCUT2D eigenvalue weighted by Gasteiger charge is 2.13. The number of aryl methyl sites for hydroxylation is 1. The van der Waals surface area contributed by atoms with E-state index in [0.29, 0.717) is 12.0 Å². The maximum atomic E-state index is 10.3. The van der Waals surface area contributed by atoms with Crippen LogP contribution in [0.4, 0.5) is 0 Å². The molecule has 0 unspecified atom stereocenters. The Kier molecular flexibility index (Phi) is 7.23. The quantitative estimate of drug-likeness (QED) is 0.644. The van der Waals surface area contributed by atoms with Crippen LogP contribution in [-0.4, -0.2) is 10.2 Å². The van der Waals surface area contributed by atoms with Crippen LogP contribution < -0.4 is 0 Å². The van der Waals surface area contributed by atoms with Crippen LogP contribution >= 0.6 is 0 Å². The summed E-state index contributed by atoms with van der Waals surface area (Å²) in [6, 6.07) is 1.81. The Morgan fingerprint density at radius 2 is 1.82 bits per heavy atom. The molecule has 2 heteroatoms. The van der Waals surface area contributed by atoms with Crippen molar-refractivity contribution in [3.8, 4) is 11.5 Å². The number of allylic oxidation sites excluding steroid dienone is 4. The minimum absolute atomic E-state index is 0.208. The first-order chi connectivity index (χ1) is 10.4. The largest absolute Gasteiger partial charge is 0.508 e. The van der Waals surface area contributed by atoms with E-state index >= 15 is 0 Å². The third kappa shape index (κ3) is 5.25. The first-order valence-electron chi connectivity index (χ1n) is 8.19. The fourth-order valence-electron chi connectivity index (χ4n) is 2.56. The average molecular weight is 302 g/mol. The molecule has 0 aliphatic rings. The van der Waals surface area contributed by atoms with Gasteiger partial charge in [-0.25, -0.2) is 0 Å². The van der Waals surface area contributed by atoms with Gasteiger partial charge in [-0.2, -0.15) is 0 Å². The van der Waals surface area contributed by atoms with E-state index in [4.69, 9.17) is 0 Å². The molecule has 0 heterocycles. The van der Waals surface area contributed by atoms with E-state index in [9.17, 15) is 10.2 Å². The Labute approximate surface area is 135 Å². The van der Waals surface area contributed by atoms with E-state index in [-0.39, 0.29) is 11.5 Å². The molecule has 0 atom stereocenters. The number of aromatic hydroxyl groups is 2. The average Bonchev–Trinajstić information content (AvgIpc) is 2.44. The Balaban J connectivity index is 2.85. The summed E-state index contributed by atoms with van der Waals surface area (Å²) in [6.07, 6.45) is 8.85. The first kappa shape index (κ1) is 18.3. The van der Waals surface area contributed by atoms with Gasteiger partial charge >= 0.3 is 0 Å². The van der Waals surface area contributed by atoms with Gasteiger partial charge in [-0.05, 0) is 70.6 Å². The van der Waals surface area contributed by atoms with Gasteiger partial charge in [0.1, 0.15) is 11.5 Å². The lowest BCUT2D eigenvalue weighted by Crippen LogP contribution is -1.95. The molecule has 1 aromatic carbocycles. The summed E-state index contributed by atoms with van der Waals surface area (Å²) >= 11 is 0. The van der Waals surface area contributed by atoms with Crippen molar-refractivity contribution < 1.29 is 10.2 Å². The minimum Gasteiger partial charge on any atom is -0.508 e. The predicted molar refractivity (Wildman–Crippen MR) is 94.6 cm³/mol. The van der Waals surface area contributed by atoms with Crippen LogP contribution in [0, 0.1) is 6.92 Å². The second kappa shape index (κ2) is 8.67. The molecule has 1 aromatic rings. The standard InChI is InChI=1S/C20H30O2/c1-6-8-17-13-19(21)18(20(22)16(17)5)12-11-15(4)10-7-9-14(2)3/h9,11,13,21-22H,6-8,10,12H2,1-5H3/b15-11+. The van der Waals surface area contributed by atoms with Gasteiger partial charge < -0.3 is 10.2 Å². The fraction of sp³-hybridized carbons (Fsp3) is 0.500. The van der Waals surface area contributed by atoms with Crippen LogP contribution in [0.5, 0.6) is 11.5 Å². The lowest BCUT2D eigenvalue weighted by Gasteiger charge is -2.13. The maximum Gasteiger partial charge on any atom is 0.125 e. The molecular weight excluding hydrogens is 272 g/mol. The van der Waals surface area contributed by atoms with Crippen molar-refractivity contribution in [1.82, 2.24) is 0 Å². The first-order valence-corrected chi connectivity index (χ1v) is 8.19. The smallest absolute Gasteiger partial charge is 0.125 e. The zero-order valence-electron chi connectivity index (χ0n) is 14.7. The Morgan fingerprint density at radius 1 is 1.14 bits per heavy atom. The van der Waals surface area contributed by atoms with E-state index in [2.05, 4.69) is 39.8 Å². The minimum atomic E-state index is 0.208. The van der Waals surface area contributed by atoms with Crippen molar-refractivity contribution in [2.45, 2.75) is 66.7 Å². The Hall–Kier alpha value is -1.70. The lowest BCUT2D eigenvalue weighted by molar-refractivity contribution is 0.436. The molecule has 122 valence electrons. The number of phenols is 2. The van der Waals surface area contributed by atoms with Crippen molar-refractivity contribution in [2.24, 2.45) is 0 Å². The number of benzene rings is 1. The van der Waals surface area contributed by atoms with E-state index in [1.807, 2.05) is 6.92 Å². The van der Waals surface area contributed by atoms with Gasteiger partial charge in [0.05, 0.1) is 0 Å². The van der Waals surface area contributed by atoms with Crippen LogP contribution in [0.25, 0.3) is 0 Å².